The van der Waals surface area contributed by atoms with Crippen molar-refractivity contribution in [2.24, 2.45) is 5.92 Å². The van der Waals surface area contributed by atoms with Crippen molar-refractivity contribution in [3.8, 4) is 0 Å². The van der Waals surface area contributed by atoms with Crippen LogP contribution in [0.1, 0.15) is 62.1 Å². The van der Waals surface area contributed by atoms with E-state index in [1.54, 1.807) is 18.5 Å². The molecule has 5 rings (SSSR count). The third-order valence-corrected chi connectivity index (χ3v) is 7.33. The summed E-state index contributed by atoms with van der Waals surface area (Å²) in [5.41, 5.74) is 3.72. The molecule has 0 spiro atoms. The van der Waals surface area contributed by atoms with Crippen molar-refractivity contribution >= 4 is 22.3 Å². The Bertz CT molecular complexity index is 1130. The monoisotopic (exact) mass is 446 g/mol. The summed E-state index contributed by atoms with van der Waals surface area (Å²) in [5.74, 6) is 0.198. The number of carbonyl (C=O) groups excluding carboxylic acids is 1. The quantitative estimate of drug-likeness (QED) is 0.422. The molecular weight excluding hydrogens is 415 g/mol. The number of nitrogens with zero attached hydrogens (tertiary/aromatic N) is 2. The molecule has 33 heavy (non-hydrogen) atoms. The molecule has 0 amide bonds. The summed E-state index contributed by atoms with van der Waals surface area (Å²) in [7, 11) is 0. The Morgan fingerprint density at radius 3 is 2.79 bits per heavy atom. The van der Waals surface area contributed by atoms with Gasteiger partial charge in [-0.1, -0.05) is 31.4 Å². The highest BCUT2D eigenvalue weighted by molar-refractivity contribution is 5.90. The number of hydrogen-bond acceptors (Lipinski definition) is 4. The van der Waals surface area contributed by atoms with Gasteiger partial charge in [-0.15, -0.1) is 0 Å². The molecule has 2 aromatic heterocycles. The Hall–Kier alpha value is -2.79. The number of pyridine rings is 1. The molecule has 0 N–H and O–H groups in total. The minimum absolute atomic E-state index is 0.125. The van der Waals surface area contributed by atoms with Gasteiger partial charge in [-0.25, -0.2) is 4.39 Å². The summed E-state index contributed by atoms with van der Waals surface area (Å²) in [6, 6.07) is 10.9. The van der Waals surface area contributed by atoms with E-state index in [2.05, 4.69) is 16.0 Å². The Morgan fingerprint density at radius 2 is 2.03 bits per heavy atom. The standard InChI is InChI=1S/C28H31FN2O2/c29-25-10-9-22(28-23(25)14-19-33-28)20-11-16-31(17-12-20)18-13-24(26-8-4-5-15-30-26)27(32)21-6-2-1-3-7-21/h4-5,8-11,14-15,19,21,24H,1-3,6-7,12-13,16-18H2. The van der Waals surface area contributed by atoms with Crippen LogP contribution >= 0.6 is 0 Å². The van der Waals surface area contributed by atoms with E-state index in [-0.39, 0.29) is 17.7 Å². The van der Waals surface area contributed by atoms with Gasteiger partial charge in [0.1, 0.15) is 17.2 Å². The second kappa shape index (κ2) is 10.0. The Balaban J connectivity index is 1.26. The molecule has 2 aliphatic rings. The van der Waals surface area contributed by atoms with E-state index in [1.807, 2.05) is 24.3 Å². The SMILES string of the molecule is O=C(C1CCCCC1)C(CCN1CC=C(c2ccc(F)c3ccoc23)CC1)c1ccccn1. The number of rotatable bonds is 7. The van der Waals surface area contributed by atoms with Crippen molar-refractivity contribution in [1.82, 2.24) is 9.88 Å². The molecule has 3 aromatic rings. The average molecular weight is 447 g/mol. The molecule has 5 heteroatoms. The average Bonchev–Trinajstić information content (AvgIpc) is 3.37. The van der Waals surface area contributed by atoms with Crippen molar-refractivity contribution in [3.05, 3.63) is 72.0 Å². The minimum atomic E-state index is -0.247. The maximum atomic E-state index is 14.0. The fourth-order valence-electron chi connectivity index (χ4n) is 5.44. The zero-order chi connectivity index (χ0) is 22.6. The first-order valence-corrected chi connectivity index (χ1v) is 12.2. The van der Waals surface area contributed by atoms with E-state index in [0.29, 0.717) is 16.8 Å². The number of ketones is 1. The maximum absolute atomic E-state index is 14.0. The van der Waals surface area contributed by atoms with Crippen LogP contribution < -0.4 is 0 Å². The molecular formula is C28H31FN2O2. The molecule has 1 saturated carbocycles. The first-order chi connectivity index (χ1) is 16.2. The van der Waals surface area contributed by atoms with E-state index in [9.17, 15) is 9.18 Å². The van der Waals surface area contributed by atoms with Gasteiger partial charge >= 0.3 is 0 Å². The number of fused-ring (bicyclic) bond motifs is 1. The molecule has 1 aliphatic heterocycles. The number of halogens is 1. The van der Waals surface area contributed by atoms with Crippen LogP contribution in [0.2, 0.25) is 0 Å². The topological polar surface area (TPSA) is 46.3 Å². The summed E-state index contributed by atoms with van der Waals surface area (Å²) in [4.78, 5) is 20.4. The lowest BCUT2D eigenvalue weighted by Crippen LogP contribution is -2.33. The third kappa shape index (κ3) is 4.79. The van der Waals surface area contributed by atoms with E-state index in [1.165, 1.54) is 18.1 Å². The first kappa shape index (κ1) is 22.0. The summed E-state index contributed by atoms with van der Waals surface area (Å²) < 4.78 is 19.6. The van der Waals surface area contributed by atoms with Gasteiger partial charge in [-0.05, 0) is 68.1 Å². The lowest BCUT2D eigenvalue weighted by atomic mass is 9.79. The number of carbonyl (C=O) groups is 1. The molecule has 1 atom stereocenters. The summed E-state index contributed by atoms with van der Waals surface area (Å²) >= 11 is 0. The van der Waals surface area contributed by atoms with Crippen LogP contribution in [-0.2, 0) is 4.79 Å². The highest BCUT2D eigenvalue weighted by atomic mass is 19.1. The predicted octanol–water partition coefficient (Wildman–Crippen LogP) is 6.38. The second-order valence-corrected chi connectivity index (χ2v) is 9.37. The first-order valence-electron chi connectivity index (χ1n) is 12.2. The van der Waals surface area contributed by atoms with Gasteiger partial charge in [0.2, 0.25) is 0 Å². The maximum Gasteiger partial charge on any atom is 0.145 e. The van der Waals surface area contributed by atoms with E-state index < -0.39 is 0 Å². The van der Waals surface area contributed by atoms with Gasteiger partial charge in [-0.2, -0.15) is 0 Å². The largest absolute Gasteiger partial charge is 0.464 e. The van der Waals surface area contributed by atoms with Crippen LogP contribution in [-0.4, -0.2) is 35.3 Å². The smallest absolute Gasteiger partial charge is 0.145 e. The number of hydrogen-bond donors (Lipinski definition) is 0. The molecule has 0 radical (unpaired) electrons. The molecule has 1 aromatic carbocycles. The van der Waals surface area contributed by atoms with Gasteiger partial charge in [0.05, 0.1) is 23.3 Å². The van der Waals surface area contributed by atoms with Crippen LogP contribution in [0.15, 0.2) is 59.4 Å². The molecule has 0 bridgehead atoms. The van der Waals surface area contributed by atoms with Crippen molar-refractivity contribution in [1.29, 1.82) is 0 Å². The molecule has 1 aliphatic carbocycles. The normalized spacial score (nSPS) is 18.9. The third-order valence-electron chi connectivity index (χ3n) is 7.33. The molecule has 4 nitrogen and oxygen atoms in total. The number of benzene rings is 1. The lowest BCUT2D eigenvalue weighted by molar-refractivity contribution is -0.125. The van der Waals surface area contributed by atoms with Gasteiger partial charge in [0.15, 0.2) is 0 Å². The second-order valence-electron chi connectivity index (χ2n) is 9.37. The Kier molecular flexibility index (Phi) is 6.68. The van der Waals surface area contributed by atoms with Crippen LogP contribution in [0.4, 0.5) is 4.39 Å². The van der Waals surface area contributed by atoms with Crippen molar-refractivity contribution in [3.63, 3.8) is 0 Å². The summed E-state index contributed by atoms with van der Waals surface area (Å²) in [6.07, 6.45) is 12.9. The van der Waals surface area contributed by atoms with E-state index in [0.717, 1.165) is 69.4 Å². The minimum Gasteiger partial charge on any atom is -0.464 e. The molecule has 1 unspecified atom stereocenters. The molecule has 172 valence electrons. The fourth-order valence-corrected chi connectivity index (χ4v) is 5.44. The fraction of sp³-hybridized carbons (Fsp3) is 0.429. The van der Waals surface area contributed by atoms with Crippen LogP contribution in [0.5, 0.6) is 0 Å². The Morgan fingerprint density at radius 1 is 1.15 bits per heavy atom. The van der Waals surface area contributed by atoms with Crippen molar-refractivity contribution in [2.45, 2.75) is 50.9 Å². The van der Waals surface area contributed by atoms with Gasteiger partial charge in [0.25, 0.3) is 0 Å². The summed E-state index contributed by atoms with van der Waals surface area (Å²) in [5, 5.41) is 0.537. The van der Waals surface area contributed by atoms with Crippen LogP contribution in [0.25, 0.3) is 16.5 Å². The van der Waals surface area contributed by atoms with Crippen LogP contribution in [0, 0.1) is 11.7 Å². The highest BCUT2D eigenvalue weighted by Crippen LogP contribution is 2.33. The van der Waals surface area contributed by atoms with Gasteiger partial charge in [-0.3, -0.25) is 14.7 Å². The Labute approximate surface area is 194 Å². The van der Waals surface area contributed by atoms with Crippen molar-refractivity contribution < 1.29 is 13.6 Å². The van der Waals surface area contributed by atoms with Crippen molar-refractivity contribution in [2.75, 3.05) is 19.6 Å². The summed E-state index contributed by atoms with van der Waals surface area (Å²) in [6.45, 7) is 2.60. The van der Waals surface area contributed by atoms with Crippen LogP contribution in [0.3, 0.4) is 0 Å². The molecule has 1 fully saturated rings. The molecule has 0 saturated heterocycles. The van der Waals surface area contributed by atoms with Gasteiger partial charge in [0, 0.05) is 30.8 Å². The van der Waals surface area contributed by atoms with E-state index >= 15 is 0 Å². The highest BCUT2D eigenvalue weighted by Gasteiger charge is 2.30. The lowest BCUT2D eigenvalue weighted by Gasteiger charge is -2.29. The van der Waals surface area contributed by atoms with Gasteiger partial charge < -0.3 is 4.42 Å². The number of furan rings is 1. The zero-order valence-electron chi connectivity index (χ0n) is 19.0. The zero-order valence-corrected chi connectivity index (χ0v) is 19.0. The number of Topliss-reactive ketones (excluding diaryl/α,β-unsaturated/α-hetero) is 1. The predicted molar refractivity (Wildman–Crippen MR) is 128 cm³/mol. The number of aromatic nitrogens is 1. The van der Waals surface area contributed by atoms with E-state index in [4.69, 9.17) is 4.42 Å². The molecule has 3 heterocycles.